The van der Waals surface area contributed by atoms with Crippen LogP contribution in [0.4, 0.5) is 4.39 Å². The number of aryl methyl sites for hydroxylation is 1. The number of rotatable bonds is 2. The van der Waals surface area contributed by atoms with E-state index in [0.29, 0.717) is 11.1 Å². The molecule has 0 radical (unpaired) electrons. The van der Waals surface area contributed by atoms with Gasteiger partial charge in [0.05, 0.1) is 0 Å². The molecule has 0 heterocycles. The second-order valence-corrected chi connectivity index (χ2v) is 2.56. The lowest BCUT2D eigenvalue weighted by molar-refractivity contribution is -0.496. The van der Waals surface area contributed by atoms with Crippen LogP contribution in [-0.2, 0) is 6.54 Å². The Morgan fingerprint density at radius 1 is 1.58 bits per heavy atom. The van der Waals surface area contributed by atoms with Crippen molar-refractivity contribution in [3.63, 3.8) is 0 Å². The average Bonchev–Trinajstić information content (AvgIpc) is 1.94. The Bertz CT molecular complexity index is 312. The zero-order valence-corrected chi connectivity index (χ0v) is 6.58. The van der Waals surface area contributed by atoms with E-state index in [0.717, 1.165) is 0 Å². The summed E-state index contributed by atoms with van der Waals surface area (Å²) in [5.74, 6) is -0.361. The molecule has 3 nitrogen and oxygen atoms in total. The fraction of sp³-hybridized carbons (Fsp3) is 0.250. The number of halogens is 1. The van der Waals surface area contributed by atoms with Crippen molar-refractivity contribution in [2.75, 3.05) is 0 Å². The third-order valence-electron chi connectivity index (χ3n) is 1.60. The van der Waals surface area contributed by atoms with Crippen LogP contribution in [0.25, 0.3) is 0 Å². The quantitative estimate of drug-likeness (QED) is 0.501. The van der Waals surface area contributed by atoms with Crippen LogP contribution < -0.4 is 0 Å². The van der Waals surface area contributed by atoms with Gasteiger partial charge in [0.15, 0.2) is 0 Å². The molecule has 12 heavy (non-hydrogen) atoms. The van der Waals surface area contributed by atoms with Crippen molar-refractivity contribution in [3.05, 3.63) is 45.3 Å². The van der Waals surface area contributed by atoms with Crippen molar-refractivity contribution in [2.45, 2.75) is 13.5 Å². The smallest absolute Gasteiger partial charge is 0.229 e. The molecule has 0 N–H and O–H groups in total. The van der Waals surface area contributed by atoms with Gasteiger partial charge in [0.25, 0.3) is 0 Å². The highest BCUT2D eigenvalue weighted by Crippen LogP contribution is 2.10. The summed E-state index contributed by atoms with van der Waals surface area (Å²) >= 11 is 0. The molecule has 0 fully saturated rings. The van der Waals surface area contributed by atoms with Crippen LogP contribution >= 0.6 is 0 Å². The molecule has 0 aliphatic carbocycles. The van der Waals surface area contributed by atoms with E-state index in [9.17, 15) is 14.5 Å². The molecule has 1 aromatic carbocycles. The van der Waals surface area contributed by atoms with Crippen molar-refractivity contribution >= 4 is 0 Å². The third kappa shape index (κ3) is 2.02. The van der Waals surface area contributed by atoms with Crippen LogP contribution in [-0.4, -0.2) is 4.92 Å². The Hall–Kier alpha value is -1.45. The first-order valence-electron chi connectivity index (χ1n) is 3.46. The third-order valence-corrected chi connectivity index (χ3v) is 1.60. The molecule has 4 heteroatoms. The highest BCUT2D eigenvalue weighted by Gasteiger charge is 2.05. The molecule has 1 aromatic rings. The van der Waals surface area contributed by atoms with Crippen molar-refractivity contribution in [1.82, 2.24) is 0 Å². The maximum atomic E-state index is 12.5. The minimum absolute atomic E-state index is 0.244. The summed E-state index contributed by atoms with van der Waals surface area (Å²) in [6.45, 7) is 1.41. The molecular weight excluding hydrogens is 161 g/mol. The maximum absolute atomic E-state index is 12.5. The standard InChI is InChI=1S/C8H8FNO2/c1-6-4-8(9)3-2-7(6)5-10(11)12/h2-4H,5H2,1H3. The molecule has 1 rings (SSSR count). The molecule has 0 aliphatic rings. The van der Waals surface area contributed by atoms with Gasteiger partial charge in [0.1, 0.15) is 5.82 Å². The zero-order valence-electron chi connectivity index (χ0n) is 6.58. The average molecular weight is 169 g/mol. The Labute approximate surface area is 69.0 Å². The summed E-state index contributed by atoms with van der Waals surface area (Å²) in [6, 6.07) is 3.96. The Morgan fingerprint density at radius 2 is 2.25 bits per heavy atom. The lowest BCUT2D eigenvalue weighted by Gasteiger charge is -1.99. The van der Waals surface area contributed by atoms with Crippen LogP contribution in [0, 0.1) is 22.9 Å². The molecule has 0 unspecified atom stereocenters. The molecule has 0 bridgehead atoms. The largest absolute Gasteiger partial charge is 0.264 e. The lowest BCUT2D eigenvalue weighted by Crippen LogP contribution is -2.00. The fourth-order valence-electron chi connectivity index (χ4n) is 0.976. The number of hydrogen-bond acceptors (Lipinski definition) is 2. The van der Waals surface area contributed by atoms with Gasteiger partial charge in [-0.2, -0.15) is 0 Å². The van der Waals surface area contributed by atoms with E-state index in [1.807, 2.05) is 0 Å². The Morgan fingerprint density at radius 3 is 2.75 bits per heavy atom. The predicted molar refractivity (Wildman–Crippen MR) is 41.8 cm³/mol. The molecule has 0 saturated carbocycles. The summed E-state index contributed by atoms with van der Waals surface area (Å²) < 4.78 is 12.5. The molecule has 0 saturated heterocycles. The number of nitrogens with zero attached hydrogens (tertiary/aromatic N) is 1. The minimum Gasteiger partial charge on any atom is -0.264 e. The molecule has 0 aliphatic heterocycles. The van der Waals surface area contributed by atoms with Crippen LogP contribution in [0.15, 0.2) is 18.2 Å². The highest BCUT2D eigenvalue weighted by atomic mass is 19.1. The monoisotopic (exact) mass is 169 g/mol. The predicted octanol–water partition coefficient (Wildman–Crippen LogP) is 1.91. The van der Waals surface area contributed by atoms with Crippen LogP contribution in [0.1, 0.15) is 11.1 Å². The van der Waals surface area contributed by atoms with E-state index in [1.165, 1.54) is 18.2 Å². The van der Waals surface area contributed by atoms with Gasteiger partial charge in [0.2, 0.25) is 6.54 Å². The van der Waals surface area contributed by atoms with Crippen molar-refractivity contribution in [3.8, 4) is 0 Å². The number of benzene rings is 1. The minimum atomic E-state index is -0.430. The van der Waals surface area contributed by atoms with Gasteiger partial charge in [0, 0.05) is 10.5 Å². The lowest BCUT2D eigenvalue weighted by atomic mass is 10.1. The van der Waals surface area contributed by atoms with Gasteiger partial charge in [-0.3, -0.25) is 10.1 Å². The van der Waals surface area contributed by atoms with Crippen molar-refractivity contribution in [1.29, 1.82) is 0 Å². The SMILES string of the molecule is Cc1cc(F)ccc1C[N+](=O)[O-]. The molecule has 0 amide bonds. The molecule has 0 aromatic heterocycles. The van der Waals surface area contributed by atoms with E-state index in [2.05, 4.69) is 0 Å². The first-order valence-corrected chi connectivity index (χ1v) is 3.46. The van der Waals surface area contributed by atoms with Crippen molar-refractivity contribution < 1.29 is 9.31 Å². The zero-order chi connectivity index (χ0) is 9.14. The van der Waals surface area contributed by atoms with Crippen LogP contribution in [0.5, 0.6) is 0 Å². The van der Waals surface area contributed by atoms with E-state index >= 15 is 0 Å². The fourth-order valence-corrected chi connectivity index (χ4v) is 0.976. The molecule has 0 atom stereocenters. The second-order valence-electron chi connectivity index (χ2n) is 2.56. The molecule has 0 spiro atoms. The van der Waals surface area contributed by atoms with Gasteiger partial charge < -0.3 is 0 Å². The van der Waals surface area contributed by atoms with E-state index in [1.54, 1.807) is 6.92 Å². The van der Waals surface area contributed by atoms with Crippen LogP contribution in [0.2, 0.25) is 0 Å². The molecular formula is C8H8FNO2. The van der Waals surface area contributed by atoms with Gasteiger partial charge in [-0.25, -0.2) is 4.39 Å². The summed E-state index contributed by atoms with van der Waals surface area (Å²) in [5.41, 5.74) is 1.17. The maximum Gasteiger partial charge on any atom is 0.229 e. The summed E-state index contributed by atoms with van der Waals surface area (Å²) in [6.07, 6.45) is 0. The van der Waals surface area contributed by atoms with E-state index < -0.39 is 4.92 Å². The Balaban J connectivity index is 2.93. The van der Waals surface area contributed by atoms with Gasteiger partial charge in [-0.05, 0) is 30.7 Å². The van der Waals surface area contributed by atoms with Gasteiger partial charge >= 0.3 is 0 Å². The number of nitro groups is 1. The van der Waals surface area contributed by atoms with Crippen molar-refractivity contribution in [2.24, 2.45) is 0 Å². The highest BCUT2D eigenvalue weighted by molar-refractivity contribution is 5.25. The molecule has 64 valence electrons. The topological polar surface area (TPSA) is 43.1 Å². The normalized spacial score (nSPS) is 9.83. The summed E-state index contributed by atoms with van der Waals surface area (Å²) in [5, 5.41) is 10.1. The summed E-state index contributed by atoms with van der Waals surface area (Å²) in [4.78, 5) is 9.69. The first-order chi connectivity index (χ1) is 5.59. The Kier molecular flexibility index (Phi) is 2.38. The van der Waals surface area contributed by atoms with Crippen LogP contribution in [0.3, 0.4) is 0 Å². The van der Waals surface area contributed by atoms with Gasteiger partial charge in [-0.1, -0.05) is 0 Å². The summed E-state index contributed by atoms with van der Waals surface area (Å²) in [7, 11) is 0. The number of hydrogen-bond donors (Lipinski definition) is 0. The second kappa shape index (κ2) is 3.30. The van der Waals surface area contributed by atoms with E-state index in [-0.39, 0.29) is 12.4 Å². The van der Waals surface area contributed by atoms with Gasteiger partial charge in [-0.15, -0.1) is 0 Å². The first kappa shape index (κ1) is 8.64. The van der Waals surface area contributed by atoms with E-state index in [4.69, 9.17) is 0 Å².